The molecule has 0 aromatic heterocycles. The first-order chi connectivity index (χ1) is 5.74. The molecule has 0 amide bonds. The fourth-order valence-electron chi connectivity index (χ4n) is 0.855. The topological polar surface area (TPSA) is 34.1 Å². The van der Waals surface area contributed by atoms with Crippen LogP contribution in [0, 0.1) is 0 Å². The molecule has 2 nitrogen and oxygen atoms in total. The van der Waals surface area contributed by atoms with E-state index < -0.39 is 0 Å². The van der Waals surface area contributed by atoms with Crippen molar-refractivity contribution in [2.75, 3.05) is 0 Å². The maximum Gasteiger partial charge on any atom is 0.169 e. The van der Waals surface area contributed by atoms with E-state index in [0.29, 0.717) is 11.8 Å². The first kappa shape index (κ1) is 13.0. The number of ketones is 1. The minimum Gasteiger partial charge on any atom is -0.303 e. The molecule has 0 aliphatic rings. The summed E-state index contributed by atoms with van der Waals surface area (Å²) < 4.78 is 0.847. The Morgan fingerprint density at radius 3 is 2.69 bits per heavy atom. The molecule has 1 aromatic carbocycles. The number of rotatable bonds is 3. The van der Waals surface area contributed by atoms with Gasteiger partial charge in [-0.25, -0.2) is 0 Å². The molecule has 4 heteroatoms. The van der Waals surface area contributed by atoms with Gasteiger partial charge in [0.05, 0.1) is 6.42 Å². The van der Waals surface area contributed by atoms with Gasteiger partial charge in [-0.3, -0.25) is 4.79 Å². The molecule has 1 rings (SSSR count). The van der Waals surface area contributed by atoms with Gasteiger partial charge in [-0.05, 0) is 12.1 Å². The molecule has 0 aliphatic heterocycles. The molecule has 0 aliphatic carbocycles. The molecule has 63 valence electrons. The van der Waals surface area contributed by atoms with Crippen molar-refractivity contribution >= 4 is 57.6 Å². The molecule has 0 N–H and O–H groups in total. The normalized spacial score (nSPS) is 8.69. The van der Waals surface area contributed by atoms with Gasteiger partial charge in [0.2, 0.25) is 0 Å². The Balaban J connectivity index is 0.00000144. The van der Waals surface area contributed by atoms with Crippen LogP contribution < -0.4 is 0 Å². The van der Waals surface area contributed by atoms with Crippen LogP contribution in [0.15, 0.2) is 28.7 Å². The van der Waals surface area contributed by atoms with Crippen LogP contribution in [0.4, 0.5) is 0 Å². The van der Waals surface area contributed by atoms with Gasteiger partial charge in [-0.1, -0.05) is 28.1 Å². The van der Waals surface area contributed by atoms with Crippen molar-refractivity contribution in [3.05, 3.63) is 34.3 Å². The molecular weight excluding hydrogens is 243 g/mol. The van der Waals surface area contributed by atoms with Crippen molar-refractivity contribution in [3.63, 3.8) is 0 Å². The van der Waals surface area contributed by atoms with Gasteiger partial charge in [0.25, 0.3) is 0 Å². The molecule has 0 spiro atoms. The Hall–Kier alpha value is 0.0400. The zero-order valence-corrected chi connectivity index (χ0v) is 10.9. The van der Waals surface area contributed by atoms with Gasteiger partial charge in [-0.2, -0.15) is 0 Å². The van der Waals surface area contributed by atoms with Crippen LogP contribution in [0.1, 0.15) is 16.8 Å². The summed E-state index contributed by atoms with van der Waals surface area (Å²) in [6.45, 7) is 0. The third kappa shape index (κ3) is 4.18. The summed E-state index contributed by atoms with van der Waals surface area (Å²) in [7, 11) is 0. The van der Waals surface area contributed by atoms with Crippen LogP contribution in [-0.4, -0.2) is 41.6 Å². The fourth-order valence-corrected chi connectivity index (χ4v) is 1.25. The fraction of sp³-hybridized carbons (Fsp3) is 0.111. The van der Waals surface area contributed by atoms with Gasteiger partial charge in [0.1, 0.15) is 6.29 Å². The van der Waals surface area contributed by atoms with Crippen molar-refractivity contribution in [2.24, 2.45) is 0 Å². The quantitative estimate of drug-likeness (QED) is 0.355. The van der Waals surface area contributed by atoms with Gasteiger partial charge < -0.3 is 4.79 Å². The number of carbonyl (C=O) groups is 2. The number of carbonyl (C=O) groups excluding carboxylic acids is 2. The first-order valence-corrected chi connectivity index (χ1v) is 4.25. The number of hydrogen-bond acceptors (Lipinski definition) is 2. The molecule has 13 heavy (non-hydrogen) atoms. The van der Waals surface area contributed by atoms with Crippen LogP contribution in [0.2, 0.25) is 0 Å². The van der Waals surface area contributed by atoms with Crippen molar-refractivity contribution < 1.29 is 9.59 Å². The maximum atomic E-state index is 11.1. The molecule has 0 bridgehead atoms. The molecule has 1 aromatic rings. The SMILES string of the molecule is O=CCC(=O)c1cccc(Br)c1.[Na]. The van der Waals surface area contributed by atoms with Gasteiger partial charge in [0.15, 0.2) is 5.78 Å². The van der Waals surface area contributed by atoms with Gasteiger partial charge >= 0.3 is 0 Å². The van der Waals surface area contributed by atoms with E-state index in [1.54, 1.807) is 18.2 Å². The average molecular weight is 250 g/mol. The smallest absolute Gasteiger partial charge is 0.169 e. The van der Waals surface area contributed by atoms with E-state index in [9.17, 15) is 9.59 Å². The van der Waals surface area contributed by atoms with Crippen molar-refractivity contribution in [1.29, 1.82) is 0 Å². The number of Topliss-reactive ketones (excluding diaryl/α,β-unsaturated/α-hetero) is 1. The second kappa shape index (κ2) is 6.49. The van der Waals surface area contributed by atoms with E-state index in [-0.39, 0.29) is 41.8 Å². The summed E-state index contributed by atoms with van der Waals surface area (Å²) in [5.41, 5.74) is 0.566. The zero-order valence-electron chi connectivity index (χ0n) is 7.29. The van der Waals surface area contributed by atoms with Crippen LogP contribution in [0.25, 0.3) is 0 Å². The third-order valence-corrected chi connectivity index (χ3v) is 1.91. The molecule has 0 fully saturated rings. The summed E-state index contributed by atoms with van der Waals surface area (Å²) in [6.07, 6.45) is 0.569. The molecule has 0 saturated carbocycles. The largest absolute Gasteiger partial charge is 0.303 e. The number of benzene rings is 1. The number of hydrogen-bond donors (Lipinski definition) is 0. The van der Waals surface area contributed by atoms with Crippen LogP contribution in [0.5, 0.6) is 0 Å². The molecule has 0 unspecified atom stereocenters. The number of aldehydes is 1. The van der Waals surface area contributed by atoms with E-state index in [1.807, 2.05) is 6.07 Å². The predicted molar refractivity (Wildman–Crippen MR) is 54.9 cm³/mol. The Bertz CT molecular complexity index is 312. The Morgan fingerprint density at radius 2 is 2.15 bits per heavy atom. The summed E-state index contributed by atoms with van der Waals surface area (Å²) in [5, 5.41) is 0. The standard InChI is InChI=1S/C9H7BrO2.Na/c10-8-3-1-2-7(6-8)9(12)4-5-11;/h1-3,5-6H,4H2;. The summed E-state index contributed by atoms with van der Waals surface area (Å²) in [6, 6.07) is 6.99. The van der Waals surface area contributed by atoms with E-state index >= 15 is 0 Å². The molecule has 0 atom stereocenters. The molecule has 0 heterocycles. The molecular formula is C9H7BrNaO2. The predicted octanol–water partition coefficient (Wildman–Crippen LogP) is 1.84. The number of halogens is 1. The van der Waals surface area contributed by atoms with Gasteiger partial charge in [-0.15, -0.1) is 0 Å². The summed E-state index contributed by atoms with van der Waals surface area (Å²) in [5.74, 6) is -0.147. The monoisotopic (exact) mass is 249 g/mol. The van der Waals surface area contributed by atoms with Crippen molar-refractivity contribution in [3.8, 4) is 0 Å². The van der Waals surface area contributed by atoms with Crippen molar-refractivity contribution in [1.82, 2.24) is 0 Å². The third-order valence-electron chi connectivity index (χ3n) is 1.42. The Labute approximate surface area is 107 Å². The van der Waals surface area contributed by atoms with Crippen LogP contribution >= 0.6 is 15.9 Å². The van der Waals surface area contributed by atoms with Crippen LogP contribution in [0.3, 0.4) is 0 Å². The molecule has 1 radical (unpaired) electrons. The minimum atomic E-state index is -0.147. The van der Waals surface area contributed by atoms with Gasteiger partial charge in [0, 0.05) is 39.6 Å². The Morgan fingerprint density at radius 1 is 1.46 bits per heavy atom. The van der Waals surface area contributed by atoms with E-state index in [4.69, 9.17) is 0 Å². The van der Waals surface area contributed by atoms with E-state index in [2.05, 4.69) is 15.9 Å². The minimum absolute atomic E-state index is 0. The average Bonchev–Trinajstić information content (AvgIpc) is 2.05. The zero-order chi connectivity index (χ0) is 8.97. The summed E-state index contributed by atoms with van der Waals surface area (Å²) in [4.78, 5) is 21.2. The second-order valence-electron chi connectivity index (χ2n) is 2.30. The van der Waals surface area contributed by atoms with E-state index in [1.165, 1.54) is 0 Å². The molecule has 0 saturated heterocycles. The van der Waals surface area contributed by atoms with Crippen molar-refractivity contribution in [2.45, 2.75) is 6.42 Å². The second-order valence-corrected chi connectivity index (χ2v) is 3.22. The van der Waals surface area contributed by atoms with Crippen LogP contribution in [-0.2, 0) is 4.79 Å². The Kier molecular flexibility index (Phi) is 6.51. The first-order valence-electron chi connectivity index (χ1n) is 3.46. The maximum absolute atomic E-state index is 11.1. The van der Waals surface area contributed by atoms with E-state index in [0.717, 1.165) is 4.47 Å². The summed E-state index contributed by atoms with van der Waals surface area (Å²) >= 11 is 3.24.